The molecule has 0 radical (unpaired) electrons. The van der Waals surface area contributed by atoms with Gasteiger partial charge in [0.15, 0.2) is 0 Å². The number of para-hydroxylation sites is 1. The average molecular weight is 256 g/mol. The molecule has 19 heavy (non-hydrogen) atoms. The standard InChI is InChI=1S/C15H16N2O2/c18-14(13-8-16-9-17(13)11-4-5-11)12-3-1-2-10-6-7-19-15(10)12/h1-3,8-9,11,14,18H,4-7H2. The maximum absolute atomic E-state index is 10.7. The van der Waals surface area contributed by atoms with Crippen molar-refractivity contribution >= 4 is 0 Å². The summed E-state index contributed by atoms with van der Waals surface area (Å²) in [4.78, 5) is 4.19. The molecule has 0 amide bonds. The third-order valence-corrected chi connectivity index (χ3v) is 3.96. The smallest absolute Gasteiger partial charge is 0.128 e. The Balaban J connectivity index is 1.76. The highest BCUT2D eigenvalue weighted by molar-refractivity contribution is 5.47. The third-order valence-electron chi connectivity index (χ3n) is 3.96. The molecule has 1 saturated carbocycles. The first-order chi connectivity index (χ1) is 9.34. The number of benzene rings is 1. The molecule has 98 valence electrons. The van der Waals surface area contributed by atoms with Crippen LogP contribution in [-0.2, 0) is 6.42 Å². The first-order valence-corrected chi connectivity index (χ1v) is 6.79. The van der Waals surface area contributed by atoms with Crippen molar-refractivity contribution in [3.8, 4) is 5.75 Å². The lowest BCUT2D eigenvalue weighted by atomic mass is 10.0. The summed E-state index contributed by atoms with van der Waals surface area (Å²) in [5, 5.41) is 10.7. The second-order valence-corrected chi connectivity index (χ2v) is 5.29. The quantitative estimate of drug-likeness (QED) is 0.916. The van der Waals surface area contributed by atoms with Crippen LogP contribution in [-0.4, -0.2) is 21.3 Å². The largest absolute Gasteiger partial charge is 0.493 e. The van der Waals surface area contributed by atoms with Crippen molar-refractivity contribution in [3.63, 3.8) is 0 Å². The molecule has 0 bridgehead atoms. The van der Waals surface area contributed by atoms with Crippen molar-refractivity contribution in [3.05, 3.63) is 47.5 Å². The molecule has 4 nitrogen and oxygen atoms in total. The van der Waals surface area contributed by atoms with E-state index in [1.165, 1.54) is 18.4 Å². The van der Waals surface area contributed by atoms with Crippen LogP contribution < -0.4 is 4.74 Å². The van der Waals surface area contributed by atoms with E-state index in [9.17, 15) is 5.11 Å². The summed E-state index contributed by atoms with van der Waals surface area (Å²) in [5.74, 6) is 0.860. The number of fused-ring (bicyclic) bond motifs is 1. The molecule has 0 saturated heterocycles. The Hall–Kier alpha value is -1.81. The van der Waals surface area contributed by atoms with E-state index in [1.54, 1.807) is 6.20 Å². The fraction of sp³-hybridized carbons (Fsp3) is 0.400. The van der Waals surface area contributed by atoms with Crippen LogP contribution in [0.5, 0.6) is 5.75 Å². The Bertz CT molecular complexity index is 616. The number of aliphatic hydroxyl groups is 1. The van der Waals surface area contributed by atoms with Gasteiger partial charge in [-0.1, -0.05) is 18.2 Å². The number of aliphatic hydroxyl groups excluding tert-OH is 1. The molecule has 1 aromatic carbocycles. The molecular weight excluding hydrogens is 240 g/mol. The summed E-state index contributed by atoms with van der Waals surface area (Å²) in [7, 11) is 0. The number of ether oxygens (including phenoxy) is 1. The molecular formula is C15H16N2O2. The van der Waals surface area contributed by atoms with Crippen LogP contribution in [0.15, 0.2) is 30.7 Å². The summed E-state index contributed by atoms with van der Waals surface area (Å²) >= 11 is 0. The van der Waals surface area contributed by atoms with Crippen molar-refractivity contribution in [1.82, 2.24) is 9.55 Å². The zero-order valence-corrected chi connectivity index (χ0v) is 10.6. The summed E-state index contributed by atoms with van der Waals surface area (Å²) in [6.07, 6.45) is 6.21. The van der Waals surface area contributed by atoms with Gasteiger partial charge in [-0.25, -0.2) is 4.98 Å². The van der Waals surface area contributed by atoms with Gasteiger partial charge >= 0.3 is 0 Å². The van der Waals surface area contributed by atoms with Crippen molar-refractivity contribution in [2.24, 2.45) is 0 Å². The van der Waals surface area contributed by atoms with Crippen molar-refractivity contribution in [2.75, 3.05) is 6.61 Å². The number of hydrogen-bond acceptors (Lipinski definition) is 3. The topological polar surface area (TPSA) is 47.3 Å². The Kier molecular flexibility index (Phi) is 2.38. The van der Waals surface area contributed by atoms with Crippen LogP contribution in [0.25, 0.3) is 0 Å². The summed E-state index contributed by atoms with van der Waals surface area (Å²) in [5.41, 5.74) is 2.91. The van der Waals surface area contributed by atoms with Crippen LogP contribution >= 0.6 is 0 Å². The monoisotopic (exact) mass is 256 g/mol. The van der Waals surface area contributed by atoms with Crippen LogP contribution in [0.1, 0.15) is 41.8 Å². The molecule has 2 aliphatic rings. The van der Waals surface area contributed by atoms with E-state index in [0.29, 0.717) is 12.6 Å². The maximum atomic E-state index is 10.7. The fourth-order valence-corrected chi connectivity index (χ4v) is 2.80. The summed E-state index contributed by atoms with van der Waals surface area (Å²) < 4.78 is 7.77. The van der Waals surface area contributed by atoms with Gasteiger partial charge in [-0.15, -0.1) is 0 Å². The molecule has 2 heterocycles. The highest BCUT2D eigenvalue weighted by Gasteiger charge is 2.29. The molecule has 1 unspecified atom stereocenters. The van der Waals surface area contributed by atoms with E-state index in [-0.39, 0.29) is 0 Å². The Morgan fingerprint density at radius 2 is 2.26 bits per heavy atom. The van der Waals surface area contributed by atoms with Crippen LogP contribution in [0.4, 0.5) is 0 Å². The molecule has 1 fully saturated rings. The summed E-state index contributed by atoms with van der Waals surface area (Å²) in [6, 6.07) is 6.52. The predicted molar refractivity (Wildman–Crippen MR) is 70.2 cm³/mol. The Labute approximate surface area is 111 Å². The lowest BCUT2D eigenvalue weighted by Gasteiger charge is -2.16. The van der Waals surface area contributed by atoms with Crippen LogP contribution in [0.2, 0.25) is 0 Å². The predicted octanol–water partition coefficient (Wildman–Crippen LogP) is 2.23. The van der Waals surface area contributed by atoms with Crippen LogP contribution in [0.3, 0.4) is 0 Å². The highest BCUT2D eigenvalue weighted by atomic mass is 16.5. The van der Waals surface area contributed by atoms with E-state index in [1.807, 2.05) is 18.5 Å². The van der Waals surface area contributed by atoms with Crippen molar-refractivity contribution < 1.29 is 9.84 Å². The number of hydrogen-bond donors (Lipinski definition) is 1. The molecule has 1 N–H and O–H groups in total. The van der Waals surface area contributed by atoms with Gasteiger partial charge in [0.25, 0.3) is 0 Å². The lowest BCUT2D eigenvalue weighted by molar-refractivity contribution is 0.204. The van der Waals surface area contributed by atoms with Gasteiger partial charge in [-0.3, -0.25) is 0 Å². The minimum atomic E-state index is -0.656. The molecule has 2 aromatic rings. The molecule has 0 spiro atoms. The van der Waals surface area contributed by atoms with Crippen LogP contribution in [0, 0.1) is 0 Å². The number of nitrogens with zero attached hydrogens (tertiary/aromatic N) is 2. The van der Waals surface area contributed by atoms with Gasteiger partial charge in [-0.05, 0) is 18.4 Å². The second-order valence-electron chi connectivity index (χ2n) is 5.29. The average Bonchev–Trinajstić information content (AvgIpc) is 2.98. The normalized spacial score (nSPS) is 19.0. The van der Waals surface area contributed by atoms with Crippen molar-refractivity contribution in [1.29, 1.82) is 0 Å². The SMILES string of the molecule is OC(c1cccc2c1OCC2)c1cncn1C1CC1. The van der Waals surface area contributed by atoms with E-state index in [0.717, 1.165) is 23.4 Å². The first kappa shape index (κ1) is 11.1. The van der Waals surface area contributed by atoms with Gasteiger partial charge < -0.3 is 14.4 Å². The van der Waals surface area contributed by atoms with E-state index in [4.69, 9.17) is 4.74 Å². The van der Waals surface area contributed by atoms with E-state index in [2.05, 4.69) is 15.6 Å². The molecule has 4 heteroatoms. The second kappa shape index (κ2) is 4.10. The van der Waals surface area contributed by atoms with Gasteiger partial charge in [0.05, 0.1) is 24.8 Å². The minimum Gasteiger partial charge on any atom is -0.493 e. The Morgan fingerprint density at radius 3 is 3.11 bits per heavy atom. The molecule has 4 rings (SSSR count). The first-order valence-electron chi connectivity index (χ1n) is 6.79. The number of rotatable bonds is 3. The Morgan fingerprint density at radius 1 is 1.37 bits per heavy atom. The van der Waals surface area contributed by atoms with Gasteiger partial charge in [0.2, 0.25) is 0 Å². The number of imidazole rings is 1. The lowest BCUT2D eigenvalue weighted by Crippen LogP contribution is -2.08. The van der Waals surface area contributed by atoms with Gasteiger partial charge in [0.1, 0.15) is 11.9 Å². The highest BCUT2D eigenvalue weighted by Crippen LogP contribution is 2.40. The molecule has 1 aliphatic heterocycles. The molecule has 1 aliphatic carbocycles. The summed E-state index contributed by atoms with van der Waals surface area (Å²) in [6.45, 7) is 0.709. The number of aromatic nitrogens is 2. The zero-order valence-electron chi connectivity index (χ0n) is 10.6. The maximum Gasteiger partial charge on any atom is 0.128 e. The fourth-order valence-electron chi connectivity index (χ4n) is 2.80. The van der Waals surface area contributed by atoms with Gasteiger partial charge in [-0.2, -0.15) is 0 Å². The van der Waals surface area contributed by atoms with E-state index < -0.39 is 6.10 Å². The van der Waals surface area contributed by atoms with Gasteiger partial charge in [0, 0.05) is 18.0 Å². The molecule has 1 aromatic heterocycles. The molecule has 1 atom stereocenters. The van der Waals surface area contributed by atoms with E-state index >= 15 is 0 Å². The zero-order chi connectivity index (χ0) is 12.8. The third kappa shape index (κ3) is 1.75. The minimum absolute atomic E-state index is 0.518. The van der Waals surface area contributed by atoms with Crippen molar-refractivity contribution in [2.45, 2.75) is 31.4 Å².